The Bertz CT molecular complexity index is 1240. The van der Waals surface area contributed by atoms with Crippen molar-refractivity contribution in [3.8, 4) is 17.1 Å². The smallest absolute Gasteiger partial charge is 0.388 e. The van der Waals surface area contributed by atoms with Crippen LogP contribution >= 0.6 is 0 Å². The van der Waals surface area contributed by atoms with E-state index >= 15 is 0 Å². The molecule has 0 bridgehead atoms. The van der Waals surface area contributed by atoms with Crippen molar-refractivity contribution in [3.63, 3.8) is 0 Å². The third kappa shape index (κ3) is 4.80. The maximum absolute atomic E-state index is 12.2. The molecule has 4 rings (SSSR count). The Hall–Kier alpha value is -3.94. The lowest BCUT2D eigenvalue weighted by Crippen LogP contribution is -2.32. The first-order valence-corrected chi connectivity index (χ1v) is 10.0. The van der Waals surface area contributed by atoms with Crippen LogP contribution < -0.4 is 11.1 Å². The third-order valence-corrected chi connectivity index (χ3v) is 4.85. The van der Waals surface area contributed by atoms with E-state index in [1.54, 1.807) is 12.1 Å². The zero-order chi connectivity index (χ0) is 21.8. The van der Waals surface area contributed by atoms with Crippen LogP contribution in [0.5, 0.6) is 0 Å². The molecular formula is C23H23N5O3. The van der Waals surface area contributed by atoms with E-state index in [0.717, 1.165) is 27.3 Å². The molecular weight excluding hydrogens is 394 g/mol. The number of aromatic nitrogens is 4. The summed E-state index contributed by atoms with van der Waals surface area (Å²) >= 11 is 0. The molecule has 0 radical (unpaired) electrons. The van der Waals surface area contributed by atoms with Gasteiger partial charge in [-0.05, 0) is 56.2 Å². The second-order valence-electron chi connectivity index (χ2n) is 7.30. The summed E-state index contributed by atoms with van der Waals surface area (Å²) in [6.45, 7) is 4.25. The van der Waals surface area contributed by atoms with Crippen LogP contribution in [0.4, 0.5) is 0 Å². The fourth-order valence-corrected chi connectivity index (χ4v) is 3.34. The van der Waals surface area contributed by atoms with Gasteiger partial charge in [0.1, 0.15) is 6.54 Å². The normalized spacial score (nSPS) is 10.9. The number of nitrogens with one attached hydrogen (secondary N) is 1. The number of rotatable bonds is 7. The fraction of sp³-hybridized carbons (Fsp3) is 0.217. The molecule has 0 saturated heterocycles. The summed E-state index contributed by atoms with van der Waals surface area (Å²) in [6, 6.07) is 19.2. The Morgan fingerprint density at radius 2 is 1.77 bits per heavy atom. The van der Waals surface area contributed by atoms with Gasteiger partial charge in [0.05, 0.1) is 11.4 Å². The number of amides is 1. The second kappa shape index (κ2) is 8.83. The minimum atomic E-state index is -0.659. The van der Waals surface area contributed by atoms with E-state index in [9.17, 15) is 9.59 Å². The minimum Gasteiger partial charge on any atom is -0.388 e. The SMILES string of the molecule is Cc1cc(C)n(-c2ccc(CCNC(=O)Cn3nc(-c4ccccc4)oc3=O)cc2)n1. The molecule has 2 aromatic carbocycles. The molecule has 0 atom stereocenters. The topological polar surface area (TPSA) is 95.0 Å². The molecule has 4 aromatic rings. The zero-order valence-corrected chi connectivity index (χ0v) is 17.4. The summed E-state index contributed by atoms with van der Waals surface area (Å²) in [5.74, 6) is -0.760. The lowest BCUT2D eigenvalue weighted by molar-refractivity contribution is -0.121. The maximum Gasteiger partial charge on any atom is 0.437 e. The highest BCUT2D eigenvalue weighted by molar-refractivity contribution is 5.75. The highest BCUT2D eigenvalue weighted by Crippen LogP contribution is 2.14. The summed E-state index contributed by atoms with van der Waals surface area (Å²) < 4.78 is 8.07. The van der Waals surface area contributed by atoms with E-state index in [-0.39, 0.29) is 18.3 Å². The molecule has 0 unspecified atom stereocenters. The van der Waals surface area contributed by atoms with Crippen molar-refractivity contribution in [3.05, 3.63) is 88.2 Å². The molecule has 0 saturated carbocycles. The Balaban J connectivity index is 1.30. The van der Waals surface area contributed by atoms with Gasteiger partial charge in [0.15, 0.2) is 0 Å². The predicted molar refractivity (Wildman–Crippen MR) is 116 cm³/mol. The molecule has 2 aromatic heterocycles. The largest absolute Gasteiger partial charge is 0.437 e. The summed E-state index contributed by atoms with van der Waals surface area (Å²) in [4.78, 5) is 24.2. The number of aryl methyl sites for hydroxylation is 2. The average molecular weight is 417 g/mol. The van der Waals surface area contributed by atoms with Gasteiger partial charge in [-0.1, -0.05) is 30.3 Å². The van der Waals surface area contributed by atoms with Gasteiger partial charge < -0.3 is 9.73 Å². The molecule has 31 heavy (non-hydrogen) atoms. The van der Waals surface area contributed by atoms with Crippen molar-refractivity contribution in [1.29, 1.82) is 0 Å². The van der Waals surface area contributed by atoms with Crippen LogP contribution in [0.3, 0.4) is 0 Å². The van der Waals surface area contributed by atoms with Crippen molar-refractivity contribution in [2.24, 2.45) is 0 Å². The van der Waals surface area contributed by atoms with Crippen LogP contribution in [-0.2, 0) is 17.8 Å². The molecule has 1 amide bonds. The van der Waals surface area contributed by atoms with Crippen molar-refractivity contribution < 1.29 is 9.21 Å². The summed E-state index contributed by atoms with van der Waals surface area (Å²) in [5.41, 5.74) is 4.83. The second-order valence-corrected chi connectivity index (χ2v) is 7.30. The van der Waals surface area contributed by atoms with Crippen LogP contribution in [0.1, 0.15) is 17.0 Å². The van der Waals surface area contributed by atoms with E-state index in [1.807, 2.05) is 67.1 Å². The van der Waals surface area contributed by atoms with Crippen LogP contribution in [0.2, 0.25) is 0 Å². The fourth-order valence-electron chi connectivity index (χ4n) is 3.34. The molecule has 2 heterocycles. The molecule has 0 aliphatic heterocycles. The zero-order valence-electron chi connectivity index (χ0n) is 17.4. The number of carbonyl (C=O) groups excluding carboxylic acids is 1. The quantitative estimate of drug-likeness (QED) is 0.499. The van der Waals surface area contributed by atoms with Crippen molar-refractivity contribution >= 4 is 5.91 Å². The first kappa shape index (κ1) is 20.3. The first-order chi connectivity index (χ1) is 15.0. The van der Waals surface area contributed by atoms with E-state index in [2.05, 4.69) is 15.5 Å². The Morgan fingerprint density at radius 3 is 2.45 bits per heavy atom. The molecule has 8 heteroatoms. The molecule has 0 spiro atoms. The Kier molecular flexibility index (Phi) is 5.79. The van der Waals surface area contributed by atoms with Crippen LogP contribution in [0.25, 0.3) is 17.1 Å². The summed E-state index contributed by atoms with van der Waals surface area (Å²) in [5, 5.41) is 11.4. The van der Waals surface area contributed by atoms with Gasteiger partial charge in [-0.25, -0.2) is 9.48 Å². The molecule has 0 aliphatic carbocycles. The van der Waals surface area contributed by atoms with Crippen LogP contribution in [-0.4, -0.2) is 32.0 Å². The van der Waals surface area contributed by atoms with Gasteiger partial charge in [0.25, 0.3) is 0 Å². The highest BCUT2D eigenvalue weighted by Gasteiger charge is 2.13. The molecule has 0 aliphatic rings. The van der Waals surface area contributed by atoms with Gasteiger partial charge >= 0.3 is 5.76 Å². The lowest BCUT2D eigenvalue weighted by atomic mass is 10.1. The van der Waals surface area contributed by atoms with Crippen molar-refractivity contribution in [1.82, 2.24) is 24.9 Å². The molecule has 8 nitrogen and oxygen atoms in total. The monoisotopic (exact) mass is 417 g/mol. The van der Waals surface area contributed by atoms with E-state index in [1.165, 1.54) is 0 Å². The van der Waals surface area contributed by atoms with E-state index < -0.39 is 5.76 Å². The van der Waals surface area contributed by atoms with Gasteiger partial charge in [0, 0.05) is 17.8 Å². The summed E-state index contributed by atoms with van der Waals surface area (Å²) in [7, 11) is 0. The lowest BCUT2D eigenvalue weighted by Gasteiger charge is -2.07. The van der Waals surface area contributed by atoms with Gasteiger partial charge in [-0.3, -0.25) is 4.79 Å². The number of benzene rings is 2. The van der Waals surface area contributed by atoms with Gasteiger partial charge in [0.2, 0.25) is 11.8 Å². The van der Waals surface area contributed by atoms with Crippen molar-refractivity contribution in [2.45, 2.75) is 26.8 Å². The highest BCUT2D eigenvalue weighted by atomic mass is 16.4. The maximum atomic E-state index is 12.2. The summed E-state index contributed by atoms with van der Waals surface area (Å²) in [6.07, 6.45) is 0.673. The number of carbonyl (C=O) groups is 1. The third-order valence-electron chi connectivity index (χ3n) is 4.85. The minimum absolute atomic E-state index is 0.188. The van der Waals surface area contributed by atoms with E-state index in [0.29, 0.717) is 18.5 Å². The Labute approximate surface area is 179 Å². The van der Waals surface area contributed by atoms with E-state index in [4.69, 9.17) is 4.42 Å². The van der Waals surface area contributed by atoms with Crippen molar-refractivity contribution in [2.75, 3.05) is 6.54 Å². The number of nitrogens with zero attached hydrogens (tertiary/aromatic N) is 4. The molecule has 158 valence electrons. The van der Waals surface area contributed by atoms with Crippen LogP contribution in [0, 0.1) is 13.8 Å². The molecule has 1 N–H and O–H groups in total. The van der Waals surface area contributed by atoms with Crippen LogP contribution in [0.15, 0.2) is 69.9 Å². The standard InChI is InChI=1S/C23H23N5O3/c1-16-14-17(2)28(25-16)20-10-8-18(9-11-20)12-13-24-21(29)15-27-23(30)31-22(26-27)19-6-4-3-5-7-19/h3-11,14H,12-13,15H2,1-2H3,(H,24,29). The first-order valence-electron chi connectivity index (χ1n) is 10.0. The number of hydrogen-bond acceptors (Lipinski definition) is 5. The average Bonchev–Trinajstić information content (AvgIpc) is 3.30. The van der Waals surface area contributed by atoms with Gasteiger partial charge in [-0.15, -0.1) is 5.10 Å². The molecule has 0 fully saturated rings. The Morgan fingerprint density at radius 1 is 1.03 bits per heavy atom. The number of hydrogen-bond donors (Lipinski definition) is 1. The van der Waals surface area contributed by atoms with Gasteiger partial charge in [-0.2, -0.15) is 9.78 Å². The predicted octanol–water partition coefficient (Wildman–Crippen LogP) is 2.66.